The van der Waals surface area contributed by atoms with Gasteiger partial charge in [-0.3, -0.25) is 4.79 Å². The number of benzene rings is 2. The Hall–Kier alpha value is -2.60. The number of aliphatic hydroxyl groups is 1. The number of ketones is 1. The summed E-state index contributed by atoms with van der Waals surface area (Å²) in [5, 5.41) is 9.38. The number of aromatic nitrogens is 1. The monoisotopic (exact) mass is 373 g/mol. The second-order valence-electron chi connectivity index (χ2n) is 7.17. The molecular weight excluding hydrogens is 355 g/mol. The van der Waals surface area contributed by atoms with Gasteiger partial charge in [0.25, 0.3) is 0 Å². The van der Waals surface area contributed by atoms with Gasteiger partial charge in [0.1, 0.15) is 24.1 Å². The number of nitrogens with one attached hydrogen (secondary N) is 1. The first-order valence-corrected chi connectivity index (χ1v) is 8.85. The molecule has 3 aromatic rings. The molecule has 0 spiro atoms. The highest BCUT2D eigenvalue weighted by Gasteiger charge is 2.35. The van der Waals surface area contributed by atoms with E-state index in [-0.39, 0.29) is 29.0 Å². The van der Waals surface area contributed by atoms with Crippen molar-refractivity contribution >= 4 is 16.7 Å². The van der Waals surface area contributed by atoms with Crippen molar-refractivity contribution in [3.8, 4) is 11.3 Å². The maximum absolute atomic E-state index is 14.3. The Morgan fingerprint density at radius 1 is 1.07 bits per heavy atom. The zero-order valence-corrected chi connectivity index (χ0v) is 14.4. The fourth-order valence-electron chi connectivity index (χ4n) is 4.03. The minimum absolute atomic E-state index is 0.0384. The third-order valence-corrected chi connectivity index (χ3v) is 5.33. The zero-order chi connectivity index (χ0) is 19.1. The van der Waals surface area contributed by atoms with E-state index in [2.05, 4.69) is 4.98 Å². The lowest BCUT2D eigenvalue weighted by Crippen LogP contribution is -2.25. The Bertz CT molecular complexity index is 1000. The molecule has 1 aliphatic rings. The average Bonchev–Trinajstić information content (AvgIpc) is 2.97. The molecule has 0 aliphatic heterocycles. The number of carbonyl (C=O) groups excluding carboxylic acids is 1. The predicted molar refractivity (Wildman–Crippen MR) is 95.8 cm³/mol. The molecule has 0 atom stereocenters. The van der Waals surface area contributed by atoms with E-state index in [4.69, 9.17) is 5.11 Å². The lowest BCUT2D eigenvalue weighted by molar-refractivity contribution is -0.123. The first-order valence-electron chi connectivity index (χ1n) is 8.85. The van der Waals surface area contributed by atoms with Crippen molar-refractivity contribution in [2.75, 3.05) is 6.61 Å². The van der Waals surface area contributed by atoms with Crippen LogP contribution in [-0.4, -0.2) is 22.5 Å². The number of hydrogen-bond donors (Lipinski definition) is 2. The summed E-state index contributed by atoms with van der Waals surface area (Å²) >= 11 is 0. The second kappa shape index (κ2) is 6.85. The highest BCUT2D eigenvalue weighted by molar-refractivity contribution is 5.92. The highest BCUT2D eigenvalue weighted by atomic mass is 19.1. The van der Waals surface area contributed by atoms with Crippen molar-refractivity contribution in [3.63, 3.8) is 0 Å². The number of rotatable bonds is 5. The zero-order valence-electron chi connectivity index (χ0n) is 14.4. The lowest BCUT2D eigenvalue weighted by Gasteiger charge is -2.35. The number of aromatic amines is 1. The molecule has 0 unspecified atom stereocenters. The van der Waals surface area contributed by atoms with Gasteiger partial charge in [0.2, 0.25) is 0 Å². The van der Waals surface area contributed by atoms with Gasteiger partial charge in [-0.25, -0.2) is 13.2 Å². The van der Waals surface area contributed by atoms with Crippen LogP contribution in [0, 0.1) is 23.4 Å². The minimum atomic E-state index is -0.675. The largest absolute Gasteiger partial charge is 0.389 e. The summed E-state index contributed by atoms with van der Waals surface area (Å²) in [4.78, 5) is 14.5. The molecular formula is C21H18F3NO2. The van der Waals surface area contributed by atoms with Crippen LogP contribution in [0.5, 0.6) is 0 Å². The predicted octanol–water partition coefficient (Wildman–Crippen LogP) is 4.70. The molecule has 1 heterocycles. The van der Waals surface area contributed by atoms with Crippen molar-refractivity contribution < 1.29 is 23.1 Å². The molecule has 4 rings (SSSR count). The number of fused-ring (bicyclic) bond motifs is 1. The summed E-state index contributed by atoms with van der Waals surface area (Å²) < 4.78 is 41.4. The highest BCUT2D eigenvalue weighted by Crippen LogP contribution is 2.49. The summed E-state index contributed by atoms with van der Waals surface area (Å²) in [6, 6.07) is 7.99. The van der Waals surface area contributed by atoms with Crippen molar-refractivity contribution in [2.24, 2.45) is 5.92 Å². The third kappa shape index (κ3) is 3.25. The van der Waals surface area contributed by atoms with Crippen molar-refractivity contribution in [1.29, 1.82) is 0 Å². The van der Waals surface area contributed by atoms with Crippen LogP contribution >= 0.6 is 0 Å². The van der Waals surface area contributed by atoms with Crippen molar-refractivity contribution in [1.82, 2.24) is 4.98 Å². The van der Waals surface area contributed by atoms with Crippen LogP contribution in [-0.2, 0) is 4.79 Å². The van der Waals surface area contributed by atoms with E-state index in [1.54, 1.807) is 12.1 Å². The topological polar surface area (TPSA) is 53.1 Å². The van der Waals surface area contributed by atoms with Gasteiger partial charge in [-0.1, -0.05) is 0 Å². The van der Waals surface area contributed by atoms with Gasteiger partial charge in [-0.05, 0) is 66.1 Å². The van der Waals surface area contributed by atoms with Gasteiger partial charge in [-0.2, -0.15) is 0 Å². The van der Waals surface area contributed by atoms with Gasteiger partial charge in [0.15, 0.2) is 5.78 Å². The Morgan fingerprint density at radius 2 is 1.78 bits per heavy atom. The van der Waals surface area contributed by atoms with Crippen LogP contribution < -0.4 is 0 Å². The number of H-pyrrole nitrogens is 1. The maximum atomic E-state index is 14.3. The molecule has 0 amide bonds. The summed E-state index contributed by atoms with van der Waals surface area (Å²) in [6.45, 7) is -0.467. The molecule has 2 aromatic carbocycles. The summed E-state index contributed by atoms with van der Waals surface area (Å²) in [7, 11) is 0. The number of halogens is 3. The molecule has 0 bridgehead atoms. The Morgan fingerprint density at radius 3 is 2.44 bits per heavy atom. The van der Waals surface area contributed by atoms with Crippen LogP contribution in [0.2, 0.25) is 0 Å². The van der Waals surface area contributed by atoms with Crippen LogP contribution in [0.4, 0.5) is 13.2 Å². The van der Waals surface area contributed by atoms with Gasteiger partial charge in [0, 0.05) is 17.9 Å². The van der Waals surface area contributed by atoms with Gasteiger partial charge in [-0.15, -0.1) is 0 Å². The Balaban J connectivity index is 1.77. The first kappa shape index (κ1) is 17.8. The molecule has 1 aromatic heterocycles. The van der Waals surface area contributed by atoms with Crippen molar-refractivity contribution in [3.05, 3.63) is 59.4 Å². The molecule has 6 heteroatoms. The van der Waals surface area contributed by atoms with E-state index in [1.165, 1.54) is 18.2 Å². The summed E-state index contributed by atoms with van der Waals surface area (Å²) in [6.07, 6.45) is 1.71. The van der Waals surface area contributed by atoms with Crippen LogP contribution in [0.3, 0.4) is 0 Å². The molecule has 0 saturated heterocycles. The van der Waals surface area contributed by atoms with E-state index in [0.29, 0.717) is 35.9 Å². The number of carbonyl (C=O) groups is 1. The molecule has 2 N–H and O–H groups in total. The van der Waals surface area contributed by atoms with E-state index in [9.17, 15) is 18.0 Å². The molecule has 3 nitrogen and oxygen atoms in total. The Labute approximate surface area is 153 Å². The Kier molecular flexibility index (Phi) is 4.52. The third-order valence-electron chi connectivity index (χ3n) is 5.33. The molecule has 1 fully saturated rings. The molecule has 1 aliphatic carbocycles. The van der Waals surface area contributed by atoms with Crippen LogP contribution in [0.15, 0.2) is 36.4 Å². The second-order valence-corrected chi connectivity index (χ2v) is 7.17. The van der Waals surface area contributed by atoms with E-state index < -0.39 is 18.2 Å². The molecule has 1 saturated carbocycles. The van der Waals surface area contributed by atoms with Gasteiger partial charge in [0.05, 0.1) is 11.2 Å². The minimum Gasteiger partial charge on any atom is -0.389 e. The number of aliphatic hydroxyl groups excluding tert-OH is 1. The fourth-order valence-corrected chi connectivity index (χ4v) is 4.03. The maximum Gasteiger partial charge on any atom is 0.158 e. The normalized spacial score (nSPS) is 19.3. The quantitative estimate of drug-likeness (QED) is 0.681. The van der Waals surface area contributed by atoms with Crippen LogP contribution in [0.25, 0.3) is 22.2 Å². The SMILES string of the molecule is O=C(CO)CC1CC(c2c(-c3ccc(F)cc3)[nH]c3c(F)cc(F)cc23)C1. The number of hydrogen-bond acceptors (Lipinski definition) is 2. The first-order chi connectivity index (χ1) is 13.0. The smallest absolute Gasteiger partial charge is 0.158 e. The summed E-state index contributed by atoms with van der Waals surface area (Å²) in [5.41, 5.74) is 2.35. The van der Waals surface area contributed by atoms with Gasteiger partial charge >= 0.3 is 0 Å². The summed E-state index contributed by atoms with van der Waals surface area (Å²) in [5.74, 6) is -1.72. The fraction of sp³-hybridized carbons (Fsp3) is 0.286. The molecule has 140 valence electrons. The molecule has 0 radical (unpaired) electrons. The van der Waals surface area contributed by atoms with E-state index in [0.717, 1.165) is 11.6 Å². The van der Waals surface area contributed by atoms with Gasteiger partial charge < -0.3 is 10.1 Å². The van der Waals surface area contributed by atoms with Crippen LogP contribution in [0.1, 0.15) is 30.7 Å². The van der Waals surface area contributed by atoms with Crippen molar-refractivity contribution in [2.45, 2.75) is 25.2 Å². The lowest BCUT2D eigenvalue weighted by atomic mass is 9.68. The standard InChI is InChI=1S/C21H18F3NO2/c22-14-3-1-12(2-4-14)20-19(13-5-11(6-13)7-16(27)10-26)17-8-15(23)9-18(24)21(17)25-20/h1-4,8-9,11,13,25-26H,5-7,10H2. The number of Topliss-reactive ketones (excluding diaryl/α,β-unsaturated/α-hetero) is 1. The van der Waals surface area contributed by atoms with E-state index >= 15 is 0 Å². The molecule has 27 heavy (non-hydrogen) atoms. The van der Waals surface area contributed by atoms with E-state index in [1.807, 2.05) is 0 Å². The average molecular weight is 373 g/mol.